The number of piperidine rings is 1. The maximum absolute atomic E-state index is 12.7. The molecule has 1 amide bonds. The van der Waals surface area contributed by atoms with Gasteiger partial charge in [0.05, 0.1) is 0 Å². The Labute approximate surface area is 139 Å². The monoisotopic (exact) mass is 322 g/mol. The van der Waals surface area contributed by atoms with Crippen molar-refractivity contribution < 1.29 is 9.32 Å². The van der Waals surface area contributed by atoms with Crippen molar-refractivity contribution in [3.63, 3.8) is 0 Å². The minimum Gasteiger partial charge on any atom is -0.355 e. The average molecular weight is 322 g/mol. The summed E-state index contributed by atoms with van der Waals surface area (Å²) < 4.78 is 5.35. The van der Waals surface area contributed by atoms with Crippen LogP contribution >= 0.6 is 0 Å². The largest absolute Gasteiger partial charge is 0.355 e. The van der Waals surface area contributed by atoms with Crippen molar-refractivity contribution in [2.75, 3.05) is 13.1 Å². The van der Waals surface area contributed by atoms with Crippen LogP contribution in [0.25, 0.3) is 11.3 Å². The Morgan fingerprint density at radius 1 is 1.29 bits per heavy atom. The Morgan fingerprint density at radius 2 is 2.17 bits per heavy atom. The molecule has 1 saturated heterocycles. The number of aromatic amines is 1. The van der Waals surface area contributed by atoms with E-state index in [2.05, 4.69) is 15.1 Å². The van der Waals surface area contributed by atoms with Crippen LogP contribution in [0, 0.1) is 0 Å². The van der Waals surface area contributed by atoms with E-state index in [9.17, 15) is 4.79 Å². The number of amides is 1. The second kappa shape index (κ2) is 6.31. The molecule has 1 atom stereocenters. The van der Waals surface area contributed by atoms with Gasteiger partial charge in [0.2, 0.25) is 0 Å². The number of rotatable bonds is 3. The van der Waals surface area contributed by atoms with E-state index in [4.69, 9.17) is 4.52 Å². The van der Waals surface area contributed by atoms with Gasteiger partial charge >= 0.3 is 0 Å². The van der Waals surface area contributed by atoms with Crippen LogP contribution in [0.5, 0.6) is 0 Å². The van der Waals surface area contributed by atoms with Crippen LogP contribution in [-0.4, -0.2) is 39.0 Å². The lowest BCUT2D eigenvalue weighted by Gasteiger charge is -2.31. The van der Waals surface area contributed by atoms with Gasteiger partial charge in [-0.2, -0.15) is 0 Å². The van der Waals surface area contributed by atoms with Gasteiger partial charge in [0.15, 0.2) is 11.5 Å². The van der Waals surface area contributed by atoms with E-state index < -0.39 is 0 Å². The highest BCUT2D eigenvalue weighted by Crippen LogP contribution is 2.26. The Balaban J connectivity index is 1.50. The molecule has 6 heteroatoms. The minimum absolute atomic E-state index is 0.0859. The number of nitrogens with zero attached hydrogens (tertiary/aromatic N) is 3. The van der Waals surface area contributed by atoms with Gasteiger partial charge in [0, 0.05) is 43.0 Å². The van der Waals surface area contributed by atoms with Gasteiger partial charge < -0.3 is 14.4 Å². The minimum atomic E-state index is -0.0859. The molecular weight excluding hydrogens is 304 g/mol. The highest BCUT2D eigenvalue weighted by molar-refractivity contribution is 5.93. The topological polar surface area (TPSA) is 75.0 Å². The molecule has 3 heterocycles. The molecule has 0 aliphatic carbocycles. The number of hydrogen-bond acceptors (Lipinski definition) is 4. The van der Waals surface area contributed by atoms with Crippen molar-refractivity contribution >= 4 is 5.91 Å². The molecule has 0 bridgehead atoms. The number of hydrogen-bond donors (Lipinski definition) is 1. The van der Waals surface area contributed by atoms with Crippen molar-refractivity contribution in [1.29, 1.82) is 0 Å². The molecule has 0 saturated carbocycles. The van der Waals surface area contributed by atoms with E-state index in [1.807, 2.05) is 41.4 Å². The smallest absolute Gasteiger partial charge is 0.276 e. The van der Waals surface area contributed by atoms with E-state index in [-0.39, 0.29) is 11.8 Å². The second-order valence-corrected chi connectivity index (χ2v) is 6.01. The summed E-state index contributed by atoms with van der Waals surface area (Å²) in [5.74, 6) is 1.71. The van der Waals surface area contributed by atoms with Crippen LogP contribution in [0.2, 0.25) is 0 Å². The summed E-state index contributed by atoms with van der Waals surface area (Å²) >= 11 is 0. The summed E-state index contributed by atoms with van der Waals surface area (Å²) in [7, 11) is 0. The molecule has 6 nitrogen and oxygen atoms in total. The zero-order chi connectivity index (χ0) is 16.4. The first-order chi connectivity index (χ1) is 11.8. The fourth-order valence-corrected chi connectivity index (χ4v) is 3.16. The highest BCUT2D eigenvalue weighted by atomic mass is 16.5. The molecular formula is C18H18N4O2. The molecule has 3 aromatic rings. The van der Waals surface area contributed by atoms with Crippen LogP contribution < -0.4 is 0 Å². The molecule has 1 aliphatic rings. The number of benzene rings is 1. The quantitative estimate of drug-likeness (QED) is 0.804. The normalized spacial score (nSPS) is 17.8. The zero-order valence-corrected chi connectivity index (χ0v) is 13.2. The van der Waals surface area contributed by atoms with Crippen molar-refractivity contribution in [1.82, 2.24) is 20.0 Å². The Bertz CT molecular complexity index is 811. The van der Waals surface area contributed by atoms with Gasteiger partial charge in [0.1, 0.15) is 5.82 Å². The molecule has 122 valence electrons. The van der Waals surface area contributed by atoms with Gasteiger partial charge in [-0.25, -0.2) is 4.98 Å². The number of carbonyl (C=O) groups is 1. The molecule has 1 unspecified atom stereocenters. The molecule has 24 heavy (non-hydrogen) atoms. The van der Waals surface area contributed by atoms with E-state index in [0.717, 1.165) is 30.8 Å². The molecule has 1 aromatic carbocycles. The number of carbonyl (C=O) groups excluding carboxylic acids is 1. The third-order valence-electron chi connectivity index (χ3n) is 4.40. The van der Waals surface area contributed by atoms with Crippen molar-refractivity contribution in [3.8, 4) is 11.3 Å². The lowest BCUT2D eigenvalue weighted by atomic mass is 9.97. The molecule has 2 aromatic heterocycles. The molecule has 0 spiro atoms. The summed E-state index contributed by atoms with van der Waals surface area (Å²) in [6.07, 6.45) is 5.56. The number of aromatic nitrogens is 3. The first kappa shape index (κ1) is 14.7. The molecule has 1 fully saturated rings. The third-order valence-corrected chi connectivity index (χ3v) is 4.40. The van der Waals surface area contributed by atoms with Crippen molar-refractivity contribution in [2.45, 2.75) is 18.8 Å². The van der Waals surface area contributed by atoms with E-state index in [1.165, 1.54) is 0 Å². The average Bonchev–Trinajstić information content (AvgIpc) is 3.34. The van der Waals surface area contributed by atoms with E-state index in [0.29, 0.717) is 18.0 Å². The van der Waals surface area contributed by atoms with Crippen LogP contribution in [0.4, 0.5) is 0 Å². The zero-order valence-electron chi connectivity index (χ0n) is 13.2. The van der Waals surface area contributed by atoms with Crippen molar-refractivity contribution in [2.24, 2.45) is 0 Å². The number of imidazole rings is 1. The molecule has 4 rings (SSSR count). The van der Waals surface area contributed by atoms with Crippen molar-refractivity contribution in [3.05, 3.63) is 60.3 Å². The van der Waals surface area contributed by atoms with Crippen LogP contribution in [-0.2, 0) is 0 Å². The first-order valence-electron chi connectivity index (χ1n) is 8.12. The maximum Gasteiger partial charge on any atom is 0.276 e. The predicted octanol–water partition coefficient (Wildman–Crippen LogP) is 3.08. The summed E-state index contributed by atoms with van der Waals surface area (Å²) in [4.78, 5) is 22.0. The van der Waals surface area contributed by atoms with Crippen LogP contribution in [0.1, 0.15) is 35.1 Å². The summed E-state index contributed by atoms with van der Waals surface area (Å²) in [6, 6.07) is 11.4. The fraction of sp³-hybridized carbons (Fsp3) is 0.278. The third kappa shape index (κ3) is 2.82. The molecule has 1 N–H and O–H groups in total. The first-order valence-corrected chi connectivity index (χ1v) is 8.12. The predicted molar refractivity (Wildman–Crippen MR) is 88.4 cm³/mol. The standard InChI is InChI=1S/C18H18N4O2/c23-18(15-11-16(24-21-15)13-5-2-1-3-6-13)22-10-4-7-14(12-22)17-19-8-9-20-17/h1-3,5-6,8-9,11,14H,4,7,10,12H2,(H,19,20). The highest BCUT2D eigenvalue weighted by Gasteiger charge is 2.28. The van der Waals surface area contributed by atoms with E-state index >= 15 is 0 Å². The number of H-pyrrole nitrogens is 1. The van der Waals surface area contributed by atoms with Crippen LogP contribution in [0.15, 0.2) is 53.3 Å². The lowest BCUT2D eigenvalue weighted by Crippen LogP contribution is -2.39. The summed E-state index contributed by atoms with van der Waals surface area (Å²) in [5.41, 5.74) is 1.27. The molecule has 0 radical (unpaired) electrons. The van der Waals surface area contributed by atoms with E-state index in [1.54, 1.807) is 12.3 Å². The van der Waals surface area contributed by atoms with Gasteiger partial charge in [-0.1, -0.05) is 35.5 Å². The maximum atomic E-state index is 12.7. The number of likely N-dealkylation sites (tertiary alicyclic amines) is 1. The van der Waals surface area contributed by atoms with Crippen LogP contribution in [0.3, 0.4) is 0 Å². The van der Waals surface area contributed by atoms with Gasteiger partial charge in [0.25, 0.3) is 5.91 Å². The summed E-state index contributed by atoms with van der Waals surface area (Å²) in [5, 5.41) is 3.97. The number of nitrogens with one attached hydrogen (secondary N) is 1. The Hall–Kier alpha value is -2.89. The van der Waals surface area contributed by atoms with Gasteiger partial charge in [-0.3, -0.25) is 4.79 Å². The lowest BCUT2D eigenvalue weighted by molar-refractivity contribution is 0.0694. The summed E-state index contributed by atoms with van der Waals surface area (Å²) in [6.45, 7) is 1.39. The second-order valence-electron chi connectivity index (χ2n) is 6.01. The Kier molecular flexibility index (Phi) is 3.86. The molecule has 1 aliphatic heterocycles. The SMILES string of the molecule is O=C(c1cc(-c2ccccc2)on1)N1CCCC(c2ncc[nH]2)C1. The fourth-order valence-electron chi connectivity index (χ4n) is 3.16. The van der Waals surface area contributed by atoms with Gasteiger partial charge in [-0.05, 0) is 12.8 Å². The van der Waals surface area contributed by atoms with Gasteiger partial charge in [-0.15, -0.1) is 0 Å². The Morgan fingerprint density at radius 3 is 2.96 bits per heavy atom.